The lowest BCUT2D eigenvalue weighted by atomic mass is 10.1. The van der Waals surface area contributed by atoms with Crippen LogP contribution >= 0.6 is 15.9 Å². The second-order valence-electron chi connectivity index (χ2n) is 4.65. The molecule has 0 aliphatic carbocycles. The van der Waals surface area contributed by atoms with Crippen molar-refractivity contribution < 1.29 is 4.79 Å². The Morgan fingerprint density at radius 1 is 1.22 bits per heavy atom. The zero-order chi connectivity index (χ0) is 13.4. The topological polar surface area (TPSA) is 20.3 Å². The average molecular weight is 312 g/mol. The number of carbonyl (C=O) groups is 1. The molecule has 0 saturated heterocycles. The number of hydrogen-bond acceptors (Lipinski definition) is 1. The quantitative estimate of drug-likeness (QED) is 0.684. The van der Waals surface area contributed by atoms with Crippen LogP contribution in [0.4, 0.5) is 0 Å². The molecule has 0 radical (unpaired) electrons. The highest BCUT2D eigenvalue weighted by Gasteiger charge is 2.10. The first-order chi connectivity index (χ1) is 8.65. The SMILES string of the molecule is CCCCCCC(=O)N(C)Cc1ccccc1Br. The lowest BCUT2D eigenvalue weighted by Gasteiger charge is -2.18. The summed E-state index contributed by atoms with van der Waals surface area (Å²) < 4.78 is 1.07. The molecule has 1 aromatic rings. The molecule has 3 heteroatoms. The third-order valence-corrected chi connectivity index (χ3v) is 3.81. The van der Waals surface area contributed by atoms with Crippen molar-refractivity contribution in [2.75, 3.05) is 7.05 Å². The summed E-state index contributed by atoms with van der Waals surface area (Å²) in [5.41, 5.74) is 1.15. The molecule has 1 rings (SSSR count). The summed E-state index contributed by atoms with van der Waals surface area (Å²) in [7, 11) is 1.88. The molecule has 1 amide bonds. The molecule has 0 aliphatic rings. The maximum atomic E-state index is 11.9. The average Bonchev–Trinajstić information content (AvgIpc) is 2.37. The Kier molecular flexibility index (Phi) is 7.02. The van der Waals surface area contributed by atoms with Crippen molar-refractivity contribution in [2.24, 2.45) is 0 Å². The van der Waals surface area contributed by atoms with Gasteiger partial charge in [-0.1, -0.05) is 60.3 Å². The van der Waals surface area contributed by atoms with Crippen molar-refractivity contribution in [3.63, 3.8) is 0 Å². The van der Waals surface area contributed by atoms with Gasteiger partial charge in [-0.25, -0.2) is 0 Å². The van der Waals surface area contributed by atoms with Gasteiger partial charge >= 0.3 is 0 Å². The molecule has 0 atom stereocenters. The van der Waals surface area contributed by atoms with E-state index in [1.165, 1.54) is 12.8 Å². The van der Waals surface area contributed by atoms with Gasteiger partial charge < -0.3 is 4.90 Å². The summed E-state index contributed by atoms with van der Waals surface area (Å²) in [4.78, 5) is 13.7. The minimum Gasteiger partial charge on any atom is -0.341 e. The van der Waals surface area contributed by atoms with E-state index in [0.29, 0.717) is 13.0 Å². The number of nitrogens with zero attached hydrogens (tertiary/aromatic N) is 1. The maximum absolute atomic E-state index is 11.9. The highest BCUT2D eigenvalue weighted by molar-refractivity contribution is 9.10. The summed E-state index contributed by atoms with van der Waals surface area (Å²) >= 11 is 3.51. The van der Waals surface area contributed by atoms with Gasteiger partial charge in [0.2, 0.25) is 5.91 Å². The van der Waals surface area contributed by atoms with E-state index in [-0.39, 0.29) is 5.91 Å². The maximum Gasteiger partial charge on any atom is 0.222 e. The van der Waals surface area contributed by atoms with Gasteiger partial charge in [-0.2, -0.15) is 0 Å². The normalized spacial score (nSPS) is 10.4. The number of unbranched alkanes of at least 4 members (excludes halogenated alkanes) is 3. The molecule has 0 bridgehead atoms. The van der Waals surface area contributed by atoms with Gasteiger partial charge in [0.15, 0.2) is 0 Å². The molecule has 100 valence electrons. The Labute approximate surface area is 119 Å². The van der Waals surface area contributed by atoms with Crippen molar-refractivity contribution in [3.05, 3.63) is 34.3 Å². The van der Waals surface area contributed by atoms with Gasteiger partial charge in [-0.15, -0.1) is 0 Å². The lowest BCUT2D eigenvalue weighted by Crippen LogP contribution is -2.26. The van der Waals surface area contributed by atoms with Crippen LogP contribution in [0.3, 0.4) is 0 Å². The Bertz CT molecular complexity index is 379. The molecule has 0 fully saturated rings. The summed E-state index contributed by atoms with van der Waals surface area (Å²) in [5, 5.41) is 0. The first-order valence-electron chi connectivity index (χ1n) is 6.62. The van der Waals surface area contributed by atoms with Crippen molar-refractivity contribution in [2.45, 2.75) is 45.6 Å². The van der Waals surface area contributed by atoms with Gasteiger partial charge in [-0.05, 0) is 18.1 Å². The molecule has 0 spiro atoms. The molecular formula is C15H22BrNO. The van der Waals surface area contributed by atoms with Crippen LogP contribution < -0.4 is 0 Å². The molecule has 0 N–H and O–H groups in total. The third-order valence-electron chi connectivity index (χ3n) is 3.04. The van der Waals surface area contributed by atoms with Gasteiger partial charge in [0.25, 0.3) is 0 Å². The van der Waals surface area contributed by atoms with Crippen LogP contribution in [0.2, 0.25) is 0 Å². The van der Waals surface area contributed by atoms with E-state index in [0.717, 1.165) is 22.9 Å². The number of halogens is 1. The minimum absolute atomic E-state index is 0.238. The zero-order valence-corrected chi connectivity index (χ0v) is 12.9. The van der Waals surface area contributed by atoms with Gasteiger partial charge in [-0.3, -0.25) is 4.79 Å². The molecule has 0 heterocycles. The van der Waals surface area contributed by atoms with E-state index in [1.807, 2.05) is 36.2 Å². The largest absolute Gasteiger partial charge is 0.341 e. The van der Waals surface area contributed by atoms with Gasteiger partial charge in [0.05, 0.1) is 0 Å². The standard InChI is InChI=1S/C15H22BrNO/c1-3-4-5-6-11-15(18)17(2)12-13-9-7-8-10-14(13)16/h7-10H,3-6,11-12H2,1-2H3. The van der Waals surface area contributed by atoms with Crippen molar-refractivity contribution in [1.82, 2.24) is 4.90 Å². The van der Waals surface area contributed by atoms with E-state index < -0.39 is 0 Å². The van der Waals surface area contributed by atoms with E-state index in [1.54, 1.807) is 0 Å². The highest BCUT2D eigenvalue weighted by Crippen LogP contribution is 2.17. The zero-order valence-electron chi connectivity index (χ0n) is 11.3. The number of rotatable bonds is 7. The Morgan fingerprint density at radius 3 is 2.61 bits per heavy atom. The monoisotopic (exact) mass is 311 g/mol. The third kappa shape index (κ3) is 5.21. The Hall–Kier alpha value is -0.830. The number of benzene rings is 1. The van der Waals surface area contributed by atoms with Crippen LogP contribution in [0.5, 0.6) is 0 Å². The predicted octanol–water partition coefficient (Wildman–Crippen LogP) is 4.38. The van der Waals surface area contributed by atoms with Crippen LogP contribution in [-0.4, -0.2) is 17.9 Å². The van der Waals surface area contributed by atoms with Crippen molar-refractivity contribution in [3.8, 4) is 0 Å². The highest BCUT2D eigenvalue weighted by atomic mass is 79.9. The summed E-state index contributed by atoms with van der Waals surface area (Å²) in [6.07, 6.45) is 5.27. The second-order valence-corrected chi connectivity index (χ2v) is 5.51. The predicted molar refractivity (Wildman–Crippen MR) is 79.4 cm³/mol. The molecule has 1 aromatic carbocycles. The first kappa shape index (κ1) is 15.2. The number of hydrogen-bond donors (Lipinski definition) is 0. The molecule has 0 saturated carbocycles. The van der Waals surface area contributed by atoms with Crippen molar-refractivity contribution in [1.29, 1.82) is 0 Å². The van der Waals surface area contributed by atoms with Gasteiger partial charge in [0, 0.05) is 24.5 Å². The molecule has 0 unspecified atom stereocenters. The fourth-order valence-electron chi connectivity index (χ4n) is 1.86. The van der Waals surface area contributed by atoms with Crippen LogP contribution in [-0.2, 0) is 11.3 Å². The van der Waals surface area contributed by atoms with E-state index in [2.05, 4.69) is 22.9 Å². The van der Waals surface area contributed by atoms with Crippen LogP contribution in [0, 0.1) is 0 Å². The molecule has 18 heavy (non-hydrogen) atoms. The summed E-state index contributed by atoms with van der Waals surface area (Å²) in [5.74, 6) is 0.238. The number of carbonyl (C=O) groups excluding carboxylic acids is 1. The fraction of sp³-hybridized carbons (Fsp3) is 0.533. The van der Waals surface area contributed by atoms with Gasteiger partial charge in [0.1, 0.15) is 0 Å². The summed E-state index contributed by atoms with van der Waals surface area (Å²) in [6, 6.07) is 8.04. The first-order valence-corrected chi connectivity index (χ1v) is 7.41. The second kappa shape index (κ2) is 8.30. The lowest BCUT2D eigenvalue weighted by molar-refractivity contribution is -0.130. The molecule has 2 nitrogen and oxygen atoms in total. The van der Waals surface area contributed by atoms with Crippen molar-refractivity contribution >= 4 is 21.8 Å². The van der Waals surface area contributed by atoms with E-state index in [4.69, 9.17) is 0 Å². The van der Waals surface area contributed by atoms with E-state index in [9.17, 15) is 4.79 Å². The molecule has 0 aromatic heterocycles. The van der Waals surface area contributed by atoms with Crippen LogP contribution in [0.1, 0.15) is 44.6 Å². The minimum atomic E-state index is 0.238. The van der Waals surface area contributed by atoms with Crippen LogP contribution in [0.15, 0.2) is 28.7 Å². The number of amides is 1. The summed E-state index contributed by atoms with van der Waals surface area (Å²) in [6.45, 7) is 2.86. The fourth-order valence-corrected chi connectivity index (χ4v) is 2.27. The Balaban J connectivity index is 2.38. The smallest absolute Gasteiger partial charge is 0.222 e. The molecular weight excluding hydrogens is 290 g/mol. The van der Waals surface area contributed by atoms with E-state index >= 15 is 0 Å². The Morgan fingerprint density at radius 2 is 1.94 bits per heavy atom. The van der Waals surface area contributed by atoms with Crippen LogP contribution in [0.25, 0.3) is 0 Å². The molecule has 0 aliphatic heterocycles.